The third kappa shape index (κ3) is 4.97. The SMILES string of the molecule is O=C1S/C(=C\c2cc(Br)ccc2OCc2cccc3ccccc23)C(=O)N1Cc1ccc2ccccc2c1. The van der Waals surface area contributed by atoms with Gasteiger partial charge in [-0.15, -0.1) is 0 Å². The molecule has 6 rings (SSSR count). The van der Waals surface area contributed by atoms with E-state index >= 15 is 0 Å². The van der Waals surface area contributed by atoms with Crippen molar-refractivity contribution >= 4 is 66.5 Å². The molecule has 0 radical (unpaired) electrons. The summed E-state index contributed by atoms with van der Waals surface area (Å²) in [5.74, 6) is 0.343. The van der Waals surface area contributed by atoms with Crippen LogP contribution in [0, 0.1) is 0 Å². The highest BCUT2D eigenvalue weighted by molar-refractivity contribution is 9.10. The van der Waals surface area contributed by atoms with Crippen molar-refractivity contribution in [3.63, 3.8) is 0 Å². The summed E-state index contributed by atoms with van der Waals surface area (Å²) in [6.07, 6.45) is 1.74. The molecule has 1 aliphatic rings. The summed E-state index contributed by atoms with van der Waals surface area (Å²) < 4.78 is 7.10. The standard InChI is InChI=1S/C32H22BrNO3S/c33-27-14-15-29(37-20-25-10-5-9-23-7-3-4-11-28(23)25)26(17-27)18-30-31(35)34(32(36)38-30)19-21-12-13-22-6-1-2-8-24(22)16-21/h1-18H,19-20H2/b30-18-. The molecule has 0 unspecified atom stereocenters. The number of rotatable bonds is 6. The van der Waals surface area contributed by atoms with Gasteiger partial charge in [0.05, 0.1) is 11.4 Å². The first-order valence-electron chi connectivity index (χ1n) is 12.2. The van der Waals surface area contributed by atoms with Gasteiger partial charge in [-0.3, -0.25) is 14.5 Å². The average Bonchev–Trinajstić information content (AvgIpc) is 3.19. The lowest BCUT2D eigenvalue weighted by Crippen LogP contribution is -2.27. The van der Waals surface area contributed by atoms with Crippen molar-refractivity contribution in [3.8, 4) is 5.75 Å². The zero-order chi connectivity index (χ0) is 26.1. The van der Waals surface area contributed by atoms with E-state index in [1.54, 1.807) is 6.08 Å². The predicted molar refractivity (Wildman–Crippen MR) is 158 cm³/mol. The van der Waals surface area contributed by atoms with E-state index in [-0.39, 0.29) is 17.7 Å². The highest BCUT2D eigenvalue weighted by Crippen LogP contribution is 2.36. The number of hydrogen-bond donors (Lipinski definition) is 0. The molecule has 0 aromatic heterocycles. The van der Waals surface area contributed by atoms with Crippen molar-refractivity contribution in [2.75, 3.05) is 0 Å². The molecule has 0 N–H and O–H groups in total. The summed E-state index contributed by atoms with van der Waals surface area (Å²) in [7, 11) is 0. The molecule has 1 saturated heterocycles. The number of halogens is 1. The number of fused-ring (bicyclic) bond motifs is 2. The summed E-state index contributed by atoms with van der Waals surface area (Å²) in [6, 6.07) is 34.1. The Morgan fingerprint density at radius 1 is 0.789 bits per heavy atom. The fourth-order valence-electron chi connectivity index (χ4n) is 4.63. The van der Waals surface area contributed by atoms with Gasteiger partial charge in [-0.05, 0) is 74.8 Å². The number of thioether (sulfide) groups is 1. The summed E-state index contributed by atoms with van der Waals surface area (Å²) in [5.41, 5.74) is 2.72. The first-order valence-corrected chi connectivity index (χ1v) is 13.8. The second-order valence-corrected chi connectivity index (χ2v) is 11.0. The van der Waals surface area contributed by atoms with Crippen LogP contribution in [0.15, 0.2) is 113 Å². The smallest absolute Gasteiger partial charge is 0.293 e. The largest absolute Gasteiger partial charge is 0.488 e. The Hall–Kier alpha value is -3.87. The number of amides is 2. The fraction of sp³-hybridized carbons (Fsp3) is 0.0625. The molecule has 4 nitrogen and oxygen atoms in total. The molecule has 1 heterocycles. The van der Waals surface area contributed by atoms with E-state index in [4.69, 9.17) is 4.74 Å². The molecule has 0 saturated carbocycles. The van der Waals surface area contributed by atoms with Crippen molar-refractivity contribution in [1.29, 1.82) is 0 Å². The quantitative estimate of drug-likeness (QED) is 0.189. The molecule has 0 aliphatic carbocycles. The maximum Gasteiger partial charge on any atom is 0.293 e. The number of hydrogen-bond acceptors (Lipinski definition) is 4. The van der Waals surface area contributed by atoms with Crippen LogP contribution in [0.3, 0.4) is 0 Å². The molecule has 6 heteroatoms. The molecule has 5 aromatic carbocycles. The Kier molecular flexibility index (Phi) is 6.75. The van der Waals surface area contributed by atoms with Crippen molar-refractivity contribution < 1.29 is 14.3 Å². The van der Waals surface area contributed by atoms with E-state index in [2.05, 4.69) is 40.2 Å². The highest BCUT2D eigenvalue weighted by atomic mass is 79.9. The third-order valence-corrected chi connectivity index (χ3v) is 7.95. The van der Waals surface area contributed by atoms with Crippen LogP contribution in [-0.4, -0.2) is 16.0 Å². The molecular weight excluding hydrogens is 558 g/mol. The lowest BCUT2D eigenvalue weighted by atomic mass is 10.1. The van der Waals surface area contributed by atoms with E-state index in [0.717, 1.165) is 54.5 Å². The molecule has 0 bridgehead atoms. The van der Waals surface area contributed by atoms with Crippen LogP contribution in [0.2, 0.25) is 0 Å². The van der Waals surface area contributed by atoms with Gasteiger partial charge in [-0.25, -0.2) is 0 Å². The van der Waals surface area contributed by atoms with E-state index in [9.17, 15) is 9.59 Å². The second-order valence-electron chi connectivity index (χ2n) is 9.06. The van der Waals surface area contributed by atoms with Crippen molar-refractivity contribution in [2.24, 2.45) is 0 Å². The van der Waals surface area contributed by atoms with Gasteiger partial charge in [0.15, 0.2) is 0 Å². The van der Waals surface area contributed by atoms with Gasteiger partial charge < -0.3 is 4.74 Å². The van der Waals surface area contributed by atoms with Gasteiger partial charge >= 0.3 is 0 Å². The summed E-state index contributed by atoms with van der Waals surface area (Å²) in [6.45, 7) is 0.614. The summed E-state index contributed by atoms with van der Waals surface area (Å²) in [4.78, 5) is 27.8. The molecule has 0 spiro atoms. The van der Waals surface area contributed by atoms with Gasteiger partial charge in [0.25, 0.3) is 11.1 Å². The third-order valence-electron chi connectivity index (χ3n) is 6.55. The van der Waals surface area contributed by atoms with Crippen LogP contribution in [0.1, 0.15) is 16.7 Å². The maximum atomic E-state index is 13.3. The monoisotopic (exact) mass is 579 g/mol. The minimum atomic E-state index is -0.298. The molecule has 38 heavy (non-hydrogen) atoms. The normalized spacial score (nSPS) is 14.7. The molecule has 5 aromatic rings. The van der Waals surface area contributed by atoms with Crippen molar-refractivity contribution in [2.45, 2.75) is 13.2 Å². The molecule has 2 amide bonds. The van der Waals surface area contributed by atoms with Crippen molar-refractivity contribution in [1.82, 2.24) is 4.90 Å². The van der Waals surface area contributed by atoms with Crippen LogP contribution < -0.4 is 4.74 Å². The van der Waals surface area contributed by atoms with Crippen LogP contribution in [-0.2, 0) is 17.9 Å². The number of imide groups is 1. The number of carbonyl (C=O) groups excluding carboxylic acids is 2. The zero-order valence-corrected chi connectivity index (χ0v) is 22.7. The first kappa shape index (κ1) is 24.5. The number of ether oxygens (including phenoxy) is 1. The van der Waals surface area contributed by atoms with Gasteiger partial charge in [0.1, 0.15) is 12.4 Å². The van der Waals surface area contributed by atoms with Crippen LogP contribution in [0.5, 0.6) is 5.75 Å². The predicted octanol–water partition coefficient (Wildman–Crippen LogP) is 8.57. The van der Waals surface area contributed by atoms with Crippen LogP contribution in [0.4, 0.5) is 4.79 Å². The lowest BCUT2D eigenvalue weighted by Gasteiger charge is -2.13. The number of nitrogens with zero attached hydrogens (tertiary/aromatic N) is 1. The second kappa shape index (κ2) is 10.5. The Bertz CT molecular complexity index is 1740. The highest BCUT2D eigenvalue weighted by Gasteiger charge is 2.35. The van der Waals surface area contributed by atoms with E-state index in [1.807, 2.05) is 78.9 Å². The maximum absolute atomic E-state index is 13.3. The Labute approximate surface area is 233 Å². The van der Waals surface area contributed by atoms with E-state index in [1.165, 1.54) is 4.90 Å². The molecular formula is C32H22BrNO3S. The molecule has 1 aliphatic heterocycles. The van der Waals surface area contributed by atoms with Gasteiger partial charge in [0, 0.05) is 10.0 Å². The molecule has 186 valence electrons. The lowest BCUT2D eigenvalue weighted by molar-refractivity contribution is -0.123. The molecule has 1 fully saturated rings. The topological polar surface area (TPSA) is 46.6 Å². The zero-order valence-electron chi connectivity index (χ0n) is 20.3. The summed E-state index contributed by atoms with van der Waals surface area (Å²) >= 11 is 4.48. The van der Waals surface area contributed by atoms with Crippen LogP contribution in [0.25, 0.3) is 27.6 Å². The van der Waals surface area contributed by atoms with Gasteiger partial charge in [0.2, 0.25) is 0 Å². The van der Waals surface area contributed by atoms with Crippen molar-refractivity contribution in [3.05, 3.63) is 129 Å². The van der Waals surface area contributed by atoms with E-state index < -0.39 is 0 Å². The average molecular weight is 581 g/mol. The number of carbonyl (C=O) groups is 2. The van der Waals surface area contributed by atoms with Crippen LogP contribution >= 0.6 is 27.7 Å². The Balaban J connectivity index is 1.24. The van der Waals surface area contributed by atoms with Gasteiger partial charge in [-0.1, -0.05) is 94.8 Å². The molecule has 0 atom stereocenters. The van der Waals surface area contributed by atoms with Gasteiger partial charge in [-0.2, -0.15) is 0 Å². The summed E-state index contributed by atoms with van der Waals surface area (Å²) in [5, 5.41) is 4.22. The first-order chi connectivity index (χ1) is 18.5. The minimum absolute atomic E-state index is 0.232. The Morgan fingerprint density at radius 3 is 2.42 bits per heavy atom. The fourth-order valence-corrected chi connectivity index (χ4v) is 5.84. The number of benzene rings is 5. The Morgan fingerprint density at radius 2 is 1.55 bits per heavy atom. The van der Waals surface area contributed by atoms with E-state index in [0.29, 0.717) is 17.3 Å². The minimum Gasteiger partial charge on any atom is -0.488 e.